The molecule has 0 atom stereocenters. The van der Waals surface area contributed by atoms with Crippen LogP contribution in [0.5, 0.6) is 0 Å². The molecule has 0 saturated heterocycles. The van der Waals surface area contributed by atoms with Crippen LogP contribution in [0, 0.1) is 25.3 Å². The fourth-order valence-corrected chi connectivity index (χ4v) is 0. The van der Waals surface area contributed by atoms with Gasteiger partial charge in [-0.25, -0.2) is 0 Å². The molecule has 0 aromatic carbocycles. The maximum Gasteiger partial charge on any atom is 4.00 e. The maximum absolute atomic E-state index is 3.24. The molecule has 0 rings (SSSR count). The van der Waals surface area contributed by atoms with Crippen molar-refractivity contribution < 1.29 is 21.1 Å². The van der Waals surface area contributed by atoms with Crippen LogP contribution in [-0.4, -0.2) is 0 Å². The van der Waals surface area contributed by atoms with Crippen molar-refractivity contribution in [3.05, 3.63) is 31.9 Å². The molecular weight excluding hydrogens is 471 g/mol. The zero-order valence-corrected chi connectivity index (χ0v) is 20.5. The van der Waals surface area contributed by atoms with Gasteiger partial charge in [-0.2, -0.15) is 48.5 Å². The summed E-state index contributed by atoms with van der Waals surface area (Å²) in [6, 6.07) is 0. The molecule has 0 bridgehead atoms. The Balaban J connectivity index is -0.00000000675. The third-order valence-electron chi connectivity index (χ3n) is 0. The quantitative estimate of drug-likeness (QED) is 0.272. The fraction of sp³-hybridized carbons (Fsp3) is 0.783. The summed E-state index contributed by atoms with van der Waals surface area (Å²) in [5.41, 5.74) is 0. The second kappa shape index (κ2) is 601. The normalized spacial score (nSPS) is 3.79. The first-order valence-electron chi connectivity index (χ1n) is 8.32. The predicted octanol–water partition coefficient (Wildman–Crippen LogP) is 10.7. The summed E-state index contributed by atoms with van der Waals surface area (Å²) in [7, 11) is 0. The van der Waals surface area contributed by atoms with Crippen LogP contribution < -0.4 is 0 Å². The summed E-state index contributed by atoms with van der Waals surface area (Å²) in [6.45, 7) is 33.0. The van der Waals surface area contributed by atoms with Gasteiger partial charge in [0.25, 0.3) is 0 Å². The number of rotatable bonds is 0. The number of hydrogen-bond acceptors (Lipinski definition) is 0. The van der Waals surface area contributed by atoms with Crippen molar-refractivity contribution >= 4 is 0 Å². The van der Waals surface area contributed by atoms with Crippen LogP contribution in [0.4, 0.5) is 0 Å². The standard InChI is InChI=1S/3C3H7.C3H5.4C2H6.3CH4.Pt/c4*1-3-2;4*1-2;;;;/h3*3H,1-2H3;1H2,2H3;4*1-2H3;3*1H4;/q4*-1;;;;;;;;+4. The predicted molar refractivity (Wildman–Crippen MR) is 127 cm³/mol. The molecule has 0 aliphatic heterocycles. The van der Waals surface area contributed by atoms with Crippen LogP contribution >= 0.6 is 0 Å². The maximum atomic E-state index is 3.24. The monoisotopic (exact) mass is 533 g/mol. The van der Waals surface area contributed by atoms with Gasteiger partial charge in [0, 0.05) is 0 Å². The van der Waals surface area contributed by atoms with Gasteiger partial charge in [0.1, 0.15) is 0 Å². The molecule has 0 heterocycles. The first-order valence-corrected chi connectivity index (χ1v) is 8.32. The smallest absolute Gasteiger partial charge is 0.507 e. The largest absolute Gasteiger partial charge is 4.00 e. The molecular formula is C23H62Pt. The number of allylic oxidation sites excluding steroid dienone is 1. The van der Waals surface area contributed by atoms with E-state index >= 15 is 0 Å². The van der Waals surface area contributed by atoms with Gasteiger partial charge in [0.2, 0.25) is 0 Å². The van der Waals surface area contributed by atoms with Crippen LogP contribution in [0.1, 0.15) is 126 Å². The molecule has 1 heteroatoms. The average Bonchev–Trinajstić information content (AvgIpc) is 2.50. The van der Waals surface area contributed by atoms with E-state index in [-0.39, 0.29) is 43.3 Å². The molecule has 0 amide bonds. The Labute approximate surface area is 179 Å². The average molecular weight is 534 g/mol. The molecule has 0 spiro atoms. The van der Waals surface area contributed by atoms with Crippen LogP contribution in [0.3, 0.4) is 0 Å². The molecule has 0 aliphatic carbocycles. The molecule has 164 valence electrons. The van der Waals surface area contributed by atoms with Gasteiger partial charge >= 0.3 is 21.1 Å². The first-order chi connectivity index (χ1) is 9.66. The molecule has 0 fully saturated rings. The Bertz CT molecular complexity index is 30.3. The minimum absolute atomic E-state index is 0. The summed E-state index contributed by atoms with van der Waals surface area (Å²) in [6.07, 6.45) is 8.50. The van der Waals surface area contributed by atoms with Gasteiger partial charge in [-0.05, 0) is 0 Å². The van der Waals surface area contributed by atoms with E-state index in [9.17, 15) is 0 Å². The summed E-state index contributed by atoms with van der Waals surface area (Å²) in [4.78, 5) is 0. The second-order valence-corrected chi connectivity index (χ2v) is 2.09. The minimum Gasteiger partial charge on any atom is -0.507 e. The van der Waals surface area contributed by atoms with E-state index in [4.69, 9.17) is 0 Å². The van der Waals surface area contributed by atoms with E-state index in [1.165, 1.54) is 0 Å². The molecule has 0 nitrogen and oxygen atoms in total. The Morgan fingerprint density at radius 1 is 0.500 bits per heavy atom. The third kappa shape index (κ3) is 56100. The third-order valence-corrected chi connectivity index (χ3v) is 0. The molecule has 0 aliphatic rings. The summed E-state index contributed by atoms with van der Waals surface area (Å²) in [5.74, 6) is 0. The summed E-state index contributed by atoms with van der Waals surface area (Å²) >= 11 is 0. The zero-order valence-electron chi connectivity index (χ0n) is 18.3. The Morgan fingerprint density at radius 3 is 0.500 bits per heavy atom. The van der Waals surface area contributed by atoms with Crippen LogP contribution in [0.15, 0.2) is 6.58 Å². The van der Waals surface area contributed by atoms with Crippen molar-refractivity contribution in [1.29, 1.82) is 0 Å². The zero-order chi connectivity index (χ0) is 18.8. The van der Waals surface area contributed by atoms with E-state index in [1.54, 1.807) is 6.92 Å². The van der Waals surface area contributed by atoms with Crippen molar-refractivity contribution in [1.82, 2.24) is 0 Å². The van der Waals surface area contributed by atoms with Gasteiger partial charge in [-0.15, -0.1) is 0 Å². The summed E-state index contributed by atoms with van der Waals surface area (Å²) in [5, 5.41) is 0. The molecule has 0 radical (unpaired) electrons. The SMILES string of the molecule is C.C.C.C=[C-]C.CC.CC.CC.CC.C[CH-]C.C[CH-]C.C[CH-]C.[Pt+4]. The van der Waals surface area contributed by atoms with Gasteiger partial charge in [0.15, 0.2) is 0 Å². The summed E-state index contributed by atoms with van der Waals surface area (Å²) < 4.78 is 0. The van der Waals surface area contributed by atoms with E-state index in [1.807, 2.05) is 116 Å². The molecule has 0 aromatic heterocycles. The minimum atomic E-state index is 0. The topological polar surface area (TPSA) is 0 Å². The van der Waals surface area contributed by atoms with Crippen molar-refractivity contribution in [2.24, 2.45) is 0 Å². The number of hydrogen-bond donors (Lipinski definition) is 0. The molecule has 24 heavy (non-hydrogen) atoms. The first kappa shape index (κ1) is 86.8. The second-order valence-electron chi connectivity index (χ2n) is 2.09. The van der Waals surface area contributed by atoms with Crippen molar-refractivity contribution in [3.63, 3.8) is 0 Å². The Morgan fingerprint density at radius 2 is 0.500 bits per heavy atom. The van der Waals surface area contributed by atoms with E-state index in [2.05, 4.69) is 12.7 Å². The van der Waals surface area contributed by atoms with Crippen LogP contribution in [0.25, 0.3) is 0 Å². The van der Waals surface area contributed by atoms with Crippen molar-refractivity contribution in [2.45, 2.75) is 126 Å². The van der Waals surface area contributed by atoms with Crippen molar-refractivity contribution in [2.75, 3.05) is 0 Å². The van der Waals surface area contributed by atoms with Gasteiger partial charge in [-0.3, -0.25) is 6.58 Å². The van der Waals surface area contributed by atoms with Gasteiger partial charge in [-0.1, -0.05) is 77.7 Å². The molecule has 0 unspecified atom stereocenters. The van der Waals surface area contributed by atoms with E-state index in [0.717, 1.165) is 0 Å². The van der Waals surface area contributed by atoms with Gasteiger partial charge in [0.05, 0.1) is 0 Å². The Kier molecular flexibility index (Phi) is 2170. The van der Waals surface area contributed by atoms with Crippen LogP contribution in [0.2, 0.25) is 0 Å². The van der Waals surface area contributed by atoms with Gasteiger partial charge < -0.3 is 25.3 Å². The van der Waals surface area contributed by atoms with Crippen LogP contribution in [-0.2, 0) is 21.1 Å². The Hall–Kier alpha value is 0.428. The van der Waals surface area contributed by atoms with E-state index in [0.29, 0.717) is 0 Å². The van der Waals surface area contributed by atoms with Crippen molar-refractivity contribution in [3.8, 4) is 0 Å². The molecule has 0 aromatic rings. The fourth-order valence-electron chi connectivity index (χ4n) is 0. The molecule has 0 saturated carbocycles. The van der Waals surface area contributed by atoms with E-state index < -0.39 is 0 Å². The molecule has 0 N–H and O–H groups in total.